The Morgan fingerprint density at radius 3 is 1.08 bits per heavy atom. The molecule has 0 saturated carbocycles. The summed E-state index contributed by atoms with van der Waals surface area (Å²) in [5.74, 6) is -0.464. The van der Waals surface area contributed by atoms with Crippen LogP contribution in [0.25, 0.3) is 0 Å². The molecule has 0 spiro atoms. The second-order valence-electron chi connectivity index (χ2n) is 20.2. The highest BCUT2D eigenvalue weighted by Crippen LogP contribution is 2.15. The normalized spacial score (nSPS) is 12.9. The van der Waals surface area contributed by atoms with Gasteiger partial charge in [0.2, 0.25) is 0 Å². The van der Waals surface area contributed by atoms with Gasteiger partial charge in [0.25, 0.3) is 0 Å². The van der Waals surface area contributed by atoms with Crippen LogP contribution in [-0.2, 0) is 23.8 Å². The molecule has 0 amide bonds. The van der Waals surface area contributed by atoms with Gasteiger partial charge < -0.3 is 14.2 Å². The quantitative estimate of drug-likeness (QED) is 0.0345. The molecule has 1 unspecified atom stereocenters. The van der Waals surface area contributed by atoms with Crippen molar-refractivity contribution < 1.29 is 23.8 Å². The average Bonchev–Trinajstić information content (AvgIpc) is 3.38. The van der Waals surface area contributed by atoms with Gasteiger partial charge in [0.15, 0.2) is 6.10 Å². The lowest BCUT2D eigenvalue weighted by atomic mass is 10.1. The van der Waals surface area contributed by atoms with Gasteiger partial charge in [-0.15, -0.1) is 0 Å². The highest BCUT2D eigenvalue weighted by molar-refractivity contribution is 5.70. The molecular formula is C67H116O5. The topological polar surface area (TPSA) is 61.8 Å². The molecule has 0 aliphatic rings. The first-order chi connectivity index (χ1) is 35.6. The zero-order valence-electron chi connectivity index (χ0n) is 47.7. The Labute approximate surface area is 447 Å². The molecule has 0 aromatic heterocycles. The predicted molar refractivity (Wildman–Crippen MR) is 316 cm³/mol. The van der Waals surface area contributed by atoms with E-state index in [9.17, 15) is 9.59 Å². The third-order valence-electron chi connectivity index (χ3n) is 13.1. The molecule has 0 N–H and O–H groups in total. The smallest absolute Gasteiger partial charge is 0.306 e. The highest BCUT2D eigenvalue weighted by Gasteiger charge is 2.17. The summed E-state index contributed by atoms with van der Waals surface area (Å²) in [4.78, 5) is 25.6. The first-order valence-corrected chi connectivity index (χ1v) is 30.8. The van der Waals surface area contributed by atoms with Crippen LogP contribution < -0.4 is 0 Å². The first kappa shape index (κ1) is 68.8. The van der Waals surface area contributed by atoms with E-state index in [1.54, 1.807) is 0 Å². The minimum Gasteiger partial charge on any atom is -0.462 e. The standard InChI is InChI=1S/C67H116O5/c1-4-7-10-13-16-19-22-25-28-31-33-35-38-41-44-47-50-53-56-59-62-70-63-65(72-67(69)61-58-55-52-49-46-43-40-36-30-27-24-21-18-15-12-9-6-3)64-71-66(68)60-57-54-51-48-45-42-39-37-34-32-29-26-23-20-17-14-11-8-5-2/h9,12,17-18,20-21,25-30,40,43,49,52,65H,4-8,10-11,13-16,19,22-24,31-39,41-42,44-48,50-51,53-64H2,1-3H3/b12-9-,20-17-,21-18-,28-25-,29-26-,30-27-,43-40-,52-49-. The van der Waals surface area contributed by atoms with Gasteiger partial charge in [-0.3, -0.25) is 9.59 Å². The van der Waals surface area contributed by atoms with E-state index < -0.39 is 6.10 Å². The molecule has 0 heterocycles. The molecule has 0 saturated heterocycles. The molecule has 0 fully saturated rings. The van der Waals surface area contributed by atoms with E-state index >= 15 is 0 Å². The van der Waals surface area contributed by atoms with Crippen molar-refractivity contribution in [1.29, 1.82) is 0 Å². The lowest BCUT2D eigenvalue weighted by molar-refractivity contribution is -0.162. The van der Waals surface area contributed by atoms with Crippen molar-refractivity contribution in [2.75, 3.05) is 19.8 Å². The molecule has 0 aromatic carbocycles. The van der Waals surface area contributed by atoms with Crippen LogP contribution >= 0.6 is 0 Å². The second kappa shape index (κ2) is 62.1. The SMILES string of the molecule is CC/C=C\C/C=C\C/C=C\C/C=C\C/C=C\CCCC(=O)OC(COCCCCCCCCCCCC/C=C\CCCCCCCC)COC(=O)CCCCCCCCCCC/C=C\C/C=C\CCCCC. The van der Waals surface area contributed by atoms with Gasteiger partial charge in [-0.1, -0.05) is 259 Å². The van der Waals surface area contributed by atoms with Crippen molar-refractivity contribution in [3.8, 4) is 0 Å². The summed E-state index contributed by atoms with van der Waals surface area (Å²) >= 11 is 0. The molecule has 0 radical (unpaired) electrons. The van der Waals surface area contributed by atoms with Crippen molar-refractivity contribution in [3.05, 3.63) is 97.2 Å². The molecule has 5 nitrogen and oxygen atoms in total. The minimum absolute atomic E-state index is 0.0568. The number of ether oxygens (including phenoxy) is 3. The fourth-order valence-electron chi connectivity index (χ4n) is 8.51. The van der Waals surface area contributed by atoms with Crippen LogP contribution in [0.3, 0.4) is 0 Å². The molecular weight excluding hydrogens is 885 g/mol. The van der Waals surface area contributed by atoms with Gasteiger partial charge in [-0.2, -0.15) is 0 Å². The van der Waals surface area contributed by atoms with Crippen LogP contribution in [0.1, 0.15) is 290 Å². The van der Waals surface area contributed by atoms with E-state index in [0.717, 1.165) is 83.5 Å². The number of carbonyl (C=O) groups is 2. The Kier molecular flexibility index (Phi) is 59.4. The lowest BCUT2D eigenvalue weighted by Crippen LogP contribution is -2.30. The second-order valence-corrected chi connectivity index (χ2v) is 20.2. The molecule has 0 bridgehead atoms. The van der Waals surface area contributed by atoms with Crippen molar-refractivity contribution in [2.24, 2.45) is 0 Å². The summed E-state index contributed by atoms with van der Waals surface area (Å²) < 4.78 is 17.5. The molecule has 414 valence electrons. The summed E-state index contributed by atoms with van der Waals surface area (Å²) in [5.41, 5.74) is 0. The van der Waals surface area contributed by atoms with Crippen molar-refractivity contribution in [1.82, 2.24) is 0 Å². The van der Waals surface area contributed by atoms with Crippen molar-refractivity contribution >= 4 is 11.9 Å². The summed E-state index contributed by atoms with van der Waals surface area (Å²) in [6.45, 7) is 7.65. The van der Waals surface area contributed by atoms with E-state index in [2.05, 4.69) is 118 Å². The number of allylic oxidation sites excluding steroid dienone is 16. The Hall–Kier alpha value is -3.18. The number of hydrogen-bond donors (Lipinski definition) is 0. The molecule has 0 aliphatic heterocycles. The van der Waals surface area contributed by atoms with Gasteiger partial charge in [-0.05, 0) is 116 Å². The van der Waals surface area contributed by atoms with Gasteiger partial charge in [0, 0.05) is 19.4 Å². The molecule has 72 heavy (non-hydrogen) atoms. The third kappa shape index (κ3) is 59.4. The van der Waals surface area contributed by atoms with E-state index in [-0.39, 0.29) is 25.2 Å². The van der Waals surface area contributed by atoms with Gasteiger partial charge >= 0.3 is 11.9 Å². The average molecular weight is 1000 g/mol. The molecule has 5 heteroatoms. The molecule has 0 aromatic rings. The molecule has 0 aliphatic carbocycles. The summed E-state index contributed by atoms with van der Waals surface area (Å²) in [5, 5.41) is 0. The Morgan fingerprint density at radius 1 is 0.319 bits per heavy atom. The Balaban J connectivity index is 4.35. The predicted octanol–water partition coefficient (Wildman–Crippen LogP) is 21.4. The van der Waals surface area contributed by atoms with Crippen LogP contribution in [-0.4, -0.2) is 37.9 Å². The van der Waals surface area contributed by atoms with E-state index in [4.69, 9.17) is 14.2 Å². The molecule has 1 atom stereocenters. The maximum Gasteiger partial charge on any atom is 0.306 e. The largest absolute Gasteiger partial charge is 0.462 e. The highest BCUT2D eigenvalue weighted by atomic mass is 16.6. The number of carbonyl (C=O) groups excluding carboxylic acids is 2. The maximum atomic E-state index is 12.9. The number of unbranched alkanes of at least 4 members (excludes halogenated alkanes) is 29. The van der Waals surface area contributed by atoms with Crippen LogP contribution in [0.2, 0.25) is 0 Å². The summed E-state index contributed by atoms with van der Waals surface area (Å²) in [6, 6.07) is 0. The lowest BCUT2D eigenvalue weighted by Gasteiger charge is -2.18. The monoisotopic (exact) mass is 1000 g/mol. The zero-order chi connectivity index (χ0) is 52.0. The first-order valence-electron chi connectivity index (χ1n) is 30.8. The van der Waals surface area contributed by atoms with Crippen LogP contribution in [0.15, 0.2) is 97.2 Å². The minimum atomic E-state index is -0.574. The van der Waals surface area contributed by atoms with E-state index in [0.29, 0.717) is 19.4 Å². The fourth-order valence-corrected chi connectivity index (χ4v) is 8.51. The zero-order valence-corrected chi connectivity index (χ0v) is 47.7. The van der Waals surface area contributed by atoms with Crippen molar-refractivity contribution in [3.63, 3.8) is 0 Å². The fraction of sp³-hybridized carbons (Fsp3) is 0.731. The number of hydrogen-bond acceptors (Lipinski definition) is 5. The van der Waals surface area contributed by atoms with Crippen LogP contribution in [0.4, 0.5) is 0 Å². The summed E-state index contributed by atoms with van der Waals surface area (Å²) in [6.07, 6.45) is 84.4. The number of esters is 2. The third-order valence-corrected chi connectivity index (χ3v) is 13.1. The van der Waals surface area contributed by atoms with Crippen molar-refractivity contribution in [2.45, 2.75) is 297 Å². The summed E-state index contributed by atoms with van der Waals surface area (Å²) in [7, 11) is 0. The van der Waals surface area contributed by atoms with Gasteiger partial charge in [-0.25, -0.2) is 0 Å². The van der Waals surface area contributed by atoms with Gasteiger partial charge in [0.05, 0.1) is 6.61 Å². The van der Waals surface area contributed by atoms with Crippen LogP contribution in [0.5, 0.6) is 0 Å². The molecule has 0 rings (SSSR count). The van der Waals surface area contributed by atoms with Gasteiger partial charge in [0.1, 0.15) is 6.61 Å². The Morgan fingerprint density at radius 2 is 0.639 bits per heavy atom. The number of rotatable bonds is 56. The van der Waals surface area contributed by atoms with E-state index in [1.165, 1.54) is 173 Å². The van der Waals surface area contributed by atoms with E-state index in [1.807, 2.05) is 0 Å². The Bertz CT molecular complexity index is 1360. The maximum absolute atomic E-state index is 12.9. The van der Waals surface area contributed by atoms with Crippen LogP contribution in [0, 0.1) is 0 Å².